The summed E-state index contributed by atoms with van der Waals surface area (Å²) >= 11 is 0. The topological polar surface area (TPSA) is 75.5 Å². The van der Waals surface area contributed by atoms with E-state index in [9.17, 15) is 9.90 Å². The Morgan fingerprint density at radius 3 is 3.00 bits per heavy atom. The molecule has 0 amide bonds. The van der Waals surface area contributed by atoms with E-state index in [1.165, 1.54) is 0 Å². The Labute approximate surface area is 125 Å². The van der Waals surface area contributed by atoms with Gasteiger partial charge in [0, 0.05) is 25.4 Å². The van der Waals surface area contributed by atoms with Crippen LogP contribution in [0.15, 0.2) is 12.3 Å². The van der Waals surface area contributed by atoms with Gasteiger partial charge in [0.2, 0.25) is 11.8 Å². The van der Waals surface area contributed by atoms with E-state index in [0.717, 1.165) is 19.4 Å². The largest absolute Gasteiger partial charge is 0.481 e. The molecule has 0 radical (unpaired) electrons. The molecule has 1 aliphatic rings. The first-order valence-electron chi connectivity index (χ1n) is 7.55. The smallest absolute Gasteiger partial charge is 0.311 e. The average Bonchev–Trinajstić information content (AvgIpc) is 2.53. The van der Waals surface area contributed by atoms with Crippen LogP contribution >= 0.6 is 0 Å². The van der Waals surface area contributed by atoms with Crippen molar-refractivity contribution in [1.29, 1.82) is 0 Å². The number of piperidine rings is 1. The highest BCUT2D eigenvalue weighted by atomic mass is 16.5. The van der Waals surface area contributed by atoms with Crippen molar-refractivity contribution >= 4 is 11.9 Å². The van der Waals surface area contributed by atoms with Gasteiger partial charge in [0.25, 0.3) is 0 Å². The number of rotatable bonds is 6. The molecule has 2 rings (SSSR count). The van der Waals surface area contributed by atoms with Gasteiger partial charge in [0.1, 0.15) is 0 Å². The number of aliphatic carboxylic acids is 1. The summed E-state index contributed by atoms with van der Waals surface area (Å²) in [5.74, 6) is 0.375. The molecule has 1 aromatic rings. The molecule has 0 spiro atoms. The number of anilines is 1. The van der Waals surface area contributed by atoms with Gasteiger partial charge < -0.3 is 14.7 Å². The minimum atomic E-state index is -0.729. The fourth-order valence-electron chi connectivity index (χ4n) is 2.69. The normalized spacial score (nSPS) is 22.1. The third-order valence-electron chi connectivity index (χ3n) is 4.06. The van der Waals surface area contributed by atoms with E-state index in [2.05, 4.69) is 9.97 Å². The van der Waals surface area contributed by atoms with Crippen molar-refractivity contribution in [2.24, 2.45) is 5.41 Å². The first-order valence-corrected chi connectivity index (χ1v) is 7.55. The third-order valence-corrected chi connectivity index (χ3v) is 4.06. The molecule has 0 aromatic carbocycles. The lowest BCUT2D eigenvalue weighted by atomic mass is 9.78. The van der Waals surface area contributed by atoms with E-state index in [1.54, 1.807) is 12.3 Å². The van der Waals surface area contributed by atoms with Gasteiger partial charge >= 0.3 is 5.97 Å². The van der Waals surface area contributed by atoms with Crippen LogP contribution in [-0.2, 0) is 4.79 Å². The van der Waals surface area contributed by atoms with Gasteiger partial charge in [0.15, 0.2) is 0 Å². The zero-order chi connectivity index (χ0) is 15.3. The lowest BCUT2D eigenvalue weighted by Gasteiger charge is -2.39. The van der Waals surface area contributed by atoms with Crippen LogP contribution < -0.4 is 9.64 Å². The highest BCUT2D eigenvalue weighted by Crippen LogP contribution is 2.35. The molecule has 1 aliphatic heterocycles. The highest BCUT2D eigenvalue weighted by Gasteiger charge is 2.41. The van der Waals surface area contributed by atoms with Crippen LogP contribution in [0.4, 0.5) is 5.95 Å². The van der Waals surface area contributed by atoms with Crippen molar-refractivity contribution in [3.8, 4) is 5.88 Å². The SMILES string of the molecule is CCCOc1ccnc(N2CCCC(CC)(C(=O)O)C2)n1. The quantitative estimate of drug-likeness (QED) is 0.867. The van der Waals surface area contributed by atoms with E-state index in [1.807, 2.05) is 18.7 Å². The summed E-state index contributed by atoms with van der Waals surface area (Å²) in [6.07, 6.45) is 4.74. The summed E-state index contributed by atoms with van der Waals surface area (Å²) in [6, 6.07) is 1.73. The summed E-state index contributed by atoms with van der Waals surface area (Å²) in [4.78, 5) is 22.2. The molecule has 1 aromatic heterocycles. The number of aromatic nitrogens is 2. The number of carboxylic acids is 1. The van der Waals surface area contributed by atoms with E-state index < -0.39 is 11.4 Å². The van der Waals surface area contributed by atoms with Crippen LogP contribution in [0.1, 0.15) is 39.5 Å². The second-order valence-corrected chi connectivity index (χ2v) is 5.51. The van der Waals surface area contributed by atoms with Gasteiger partial charge in [-0.25, -0.2) is 4.98 Å². The predicted molar refractivity (Wildman–Crippen MR) is 79.6 cm³/mol. The Morgan fingerprint density at radius 2 is 2.33 bits per heavy atom. The number of hydrogen-bond donors (Lipinski definition) is 1. The number of carboxylic acid groups (broad SMARTS) is 1. The summed E-state index contributed by atoms with van der Waals surface area (Å²) in [6.45, 7) is 5.82. The second-order valence-electron chi connectivity index (χ2n) is 5.51. The zero-order valence-corrected chi connectivity index (χ0v) is 12.7. The number of hydrogen-bond acceptors (Lipinski definition) is 5. The molecule has 21 heavy (non-hydrogen) atoms. The van der Waals surface area contributed by atoms with E-state index in [0.29, 0.717) is 37.8 Å². The Morgan fingerprint density at radius 1 is 1.52 bits per heavy atom. The summed E-state index contributed by atoms with van der Waals surface area (Å²) in [5.41, 5.74) is -0.693. The molecule has 6 heteroatoms. The molecule has 1 fully saturated rings. The molecule has 1 atom stereocenters. The summed E-state index contributed by atoms with van der Waals surface area (Å²) in [7, 11) is 0. The Bertz CT molecular complexity index is 495. The highest BCUT2D eigenvalue weighted by molar-refractivity contribution is 5.75. The molecular weight excluding hydrogens is 270 g/mol. The van der Waals surface area contributed by atoms with Crippen molar-refractivity contribution in [2.45, 2.75) is 39.5 Å². The maximum Gasteiger partial charge on any atom is 0.311 e. The van der Waals surface area contributed by atoms with Gasteiger partial charge in [-0.3, -0.25) is 4.79 Å². The van der Waals surface area contributed by atoms with Crippen molar-refractivity contribution < 1.29 is 14.6 Å². The molecule has 0 saturated carbocycles. The van der Waals surface area contributed by atoms with Crippen molar-refractivity contribution in [3.05, 3.63) is 12.3 Å². The van der Waals surface area contributed by atoms with Crippen LogP contribution in [0.25, 0.3) is 0 Å². The van der Waals surface area contributed by atoms with E-state index in [-0.39, 0.29) is 0 Å². The van der Waals surface area contributed by atoms with Gasteiger partial charge in [-0.15, -0.1) is 0 Å². The molecule has 6 nitrogen and oxygen atoms in total. The van der Waals surface area contributed by atoms with Gasteiger partial charge in [-0.2, -0.15) is 4.98 Å². The fourth-order valence-corrected chi connectivity index (χ4v) is 2.69. The van der Waals surface area contributed by atoms with Gasteiger partial charge in [-0.05, 0) is 25.7 Å². The molecule has 0 bridgehead atoms. The zero-order valence-electron chi connectivity index (χ0n) is 12.7. The average molecular weight is 293 g/mol. The van der Waals surface area contributed by atoms with Crippen LogP contribution in [-0.4, -0.2) is 40.7 Å². The number of carbonyl (C=O) groups is 1. The first-order chi connectivity index (χ1) is 10.1. The molecule has 2 heterocycles. The molecule has 116 valence electrons. The molecular formula is C15H23N3O3. The van der Waals surface area contributed by atoms with Crippen LogP contribution in [0.2, 0.25) is 0 Å². The second kappa shape index (κ2) is 6.74. The van der Waals surface area contributed by atoms with Gasteiger partial charge in [0.05, 0.1) is 12.0 Å². The van der Waals surface area contributed by atoms with Crippen molar-refractivity contribution in [1.82, 2.24) is 9.97 Å². The first kappa shape index (κ1) is 15.5. The Kier molecular flexibility index (Phi) is 4.98. The van der Waals surface area contributed by atoms with Crippen molar-refractivity contribution in [2.75, 3.05) is 24.6 Å². The lowest BCUT2D eigenvalue weighted by Crippen LogP contribution is -2.48. The minimum Gasteiger partial charge on any atom is -0.481 e. The maximum atomic E-state index is 11.6. The van der Waals surface area contributed by atoms with E-state index >= 15 is 0 Å². The van der Waals surface area contributed by atoms with Crippen LogP contribution in [0.5, 0.6) is 5.88 Å². The molecule has 1 saturated heterocycles. The van der Waals surface area contributed by atoms with Gasteiger partial charge in [-0.1, -0.05) is 13.8 Å². The summed E-state index contributed by atoms with van der Waals surface area (Å²) < 4.78 is 5.52. The third kappa shape index (κ3) is 3.43. The van der Waals surface area contributed by atoms with Crippen molar-refractivity contribution in [3.63, 3.8) is 0 Å². The lowest BCUT2D eigenvalue weighted by molar-refractivity contribution is -0.149. The fraction of sp³-hybridized carbons (Fsp3) is 0.667. The maximum absolute atomic E-state index is 11.6. The summed E-state index contributed by atoms with van der Waals surface area (Å²) in [5, 5.41) is 9.53. The molecule has 1 unspecified atom stereocenters. The molecule has 0 aliphatic carbocycles. The minimum absolute atomic E-state index is 0.454. The Hall–Kier alpha value is -1.85. The predicted octanol–water partition coefficient (Wildman–Crippen LogP) is 2.35. The molecule has 1 N–H and O–H groups in total. The van der Waals surface area contributed by atoms with E-state index in [4.69, 9.17) is 4.74 Å². The van der Waals surface area contributed by atoms with Crippen LogP contribution in [0, 0.1) is 5.41 Å². The Balaban J connectivity index is 2.15. The number of nitrogens with zero attached hydrogens (tertiary/aromatic N) is 3. The number of ether oxygens (including phenoxy) is 1. The monoisotopic (exact) mass is 293 g/mol. The standard InChI is InChI=1S/C15H23N3O3/c1-3-10-21-12-6-8-16-14(17-12)18-9-5-7-15(4-2,11-18)13(19)20/h6,8H,3-5,7,9-11H2,1-2H3,(H,19,20). The van der Waals surface area contributed by atoms with Crippen LogP contribution in [0.3, 0.4) is 0 Å².